The molecule has 4 nitrogen and oxygen atoms in total. The van der Waals surface area contributed by atoms with Crippen LogP contribution in [0, 0.1) is 6.92 Å². The minimum Gasteiger partial charge on any atom is -0.469 e. The van der Waals surface area contributed by atoms with E-state index in [9.17, 15) is 9.90 Å². The van der Waals surface area contributed by atoms with Crippen molar-refractivity contribution in [1.82, 2.24) is 5.32 Å². The number of carbonyl (C=O) groups is 1. The summed E-state index contributed by atoms with van der Waals surface area (Å²) in [6.07, 6.45) is 0.855. The molecule has 1 rings (SSSR count). The van der Waals surface area contributed by atoms with Crippen LogP contribution >= 0.6 is 0 Å². The number of rotatable bonds is 3. The second-order valence-electron chi connectivity index (χ2n) is 4.24. The fourth-order valence-corrected chi connectivity index (χ4v) is 1.08. The molecule has 2 N–H and O–H groups in total. The number of nitrogens with one attached hydrogen (secondary N) is 1. The molecule has 1 aromatic heterocycles. The van der Waals surface area contributed by atoms with Crippen LogP contribution in [0.4, 0.5) is 0 Å². The van der Waals surface area contributed by atoms with Crippen LogP contribution in [-0.4, -0.2) is 22.7 Å². The highest BCUT2D eigenvalue weighted by atomic mass is 16.3. The summed E-state index contributed by atoms with van der Waals surface area (Å²) in [5.41, 5.74) is -0.149. The molecular formula is C11H17NO3. The standard InChI is InChI=1S/C11H17NO3/c1-7-9(5-6-15-7)10(14)12-11(3,4)8(2)13/h5-6,8,13H,1-4H3,(H,12,14). The predicted molar refractivity (Wildman–Crippen MR) is 56.7 cm³/mol. The number of aryl methyl sites for hydroxylation is 1. The first kappa shape index (κ1) is 11.8. The van der Waals surface area contributed by atoms with E-state index in [1.807, 2.05) is 0 Å². The Balaban J connectivity index is 2.77. The fraction of sp³-hybridized carbons (Fsp3) is 0.545. The van der Waals surface area contributed by atoms with E-state index in [-0.39, 0.29) is 5.91 Å². The molecule has 0 aliphatic carbocycles. The second kappa shape index (κ2) is 4.06. The van der Waals surface area contributed by atoms with Gasteiger partial charge >= 0.3 is 0 Å². The molecule has 0 saturated heterocycles. The van der Waals surface area contributed by atoms with Gasteiger partial charge in [-0.25, -0.2) is 0 Å². The van der Waals surface area contributed by atoms with Gasteiger partial charge in [0.25, 0.3) is 5.91 Å². The molecule has 0 aliphatic rings. The van der Waals surface area contributed by atoms with Crippen LogP contribution in [0.3, 0.4) is 0 Å². The number of carbonyl (C=O) groups excluding carboxylic acids is 1. The molecule has 1 unspecified atom stereocenters. The van der Waals surface area contributed by atoms with Gasteiger partial charge in [-0.1, -0.05) is 0 Å². The Morgan fingerprint density at radius 1 is 1.60 bits per heavy atom. The van der Waals surface area contributed by atoms with E-state index >= 15 is 0 Å². The van der Waals surface area contributed by atoms with Gasteiger partial charge in [0.2, 0.25) is 0 Å². The van der Waals surface area contributed by atoms with Crippen molar-refractivity contribution in [3.05, 3.63) is 23.7 Å². The zero-order valence-corrected chi connectivity index (χ0v) is 9.50. The first-order chi connectivity index (χ1) is 6.84. The lowest BCUT2D eigenvalue weighted by atomic mass is 9.98. The summed E-state index contributed by atoms with van der Waals surface area (Å²) in [7, 11) is 0. The number of aliphatic hydroxyl groups is 1. The van der Waals surface area contributed by atoms with Crippen LogP contribution in [0.1, 0.15) is 36.9 Å². The van der Waals surface area contributed by atoms with E-state index < -0.39 is 11.6 Å². The Kier molecular flexibility index (Phi) is 3.19. The Morgan fingerprint density at radius 2 is 2.20 bits per heavy atom. The SMILES string of the molecule is Cc1occc1C(=O)NC(C)(C)C(C)O. The third-order valence-electron chi connectivity index (χ3n) is 2.58. The van der Waals surface area contributed by atoms with Crippen LogP contribution in [0.5, 0.6) is 0 Å². The van der Waals surface area contributed by atoms with Crippen molar-refractivity contribution in [3.8, 4) is 0 Å². The maximum Gasteiger partial charge on any atom is 0.255 e. The monoisotopic (exact) mass is 211 g/mol. The topological polar surface area (TPSA) is 62.5 Å². The van der Waals surface area contributed by atoms with Gasteiger partial charge in [-0.2, -0.15) is 0 Å². The van der Waals surface area contributed by atoms with Crippen LogP contribution in [0.25, 0.3) is 0 Å². The van der Waals surface area contributed by atoms with Gasteiger partial charge < -0.3 is 14.8 Å². The van der Waals surface area contributed by atoms with Gasteiger partial charge in [-0.3, -0.25) is 4.79 Å². The molecule has 0 spiro atoms. The van der Waals surface area contributed by atoms with E-state index in [4.69, 9.17) is 4.42 Å². The van der Waals surface area contributed by atoms with Crippen molar-refractivity contribution in [1.29, 1.82) is 0 Å². The molecule has 1 heterocycles. The summed E-state index contributed by atoms with van der Waals surface area (Å²) in [6, 6.07) is 1.61. The van der Waals surface area contributed by atoms with Gasteiger partial charge in [-0.15, -0.1) is 0 Å². The highest BCUT2D eigenvalue weighted by Gasteiger charge is 2.27. The van der Waals surface area contributed by atoms with E-state index in [1.165, 1.54) is 6.26 Å². The van der Waals surface area contributed by atoms with Gasteiger partial charge in [0.15, 0.2) is 0 Å². The number of furan rings is 1. The third kappa shape index (κ3) is 2.59. The first-order valence-electron chi connectivity index (χ1n) is 4.89. The van der Waals surface area contributed by atoms with Gasteiger partial charge in [0.1, 0.15) is 5.76 Å². The van der Waals surface area contributed by atoms with E-state index in [2.05, 4.69) is 5.32 Å². The largest absolute Gasteiger partial charge is 0.469 e. The maximum atomic E-state index is 11.8. The molecule has 0 bridgehead atoms. The van der Waals surface area contributed by atoms with E-state index in [1.54, 1.807) is 33.8 Å². The minimum absolute atomic E-state index is 0.229. The van der Waals surface area contributed by atoms with E-state index in [0.29, 0.717) is 11.3 Å². The summed E-state index contributed by atoms with van der Waals surface area (Å²) >= 11 is 0. The maximum absolute atomic E-state index is 11.8. The number of amides is 1. The van der Waals surface area contributed by atoms with Crippen LogP contribution in [-0.2, 0) is 0 Å². The lowest BCUT2D eigenvalue weighted by molar-refractivity contribution is 0.0708. The van der Waals surface area contributed by atoms with Crippen molar-refractivity contribution in [3.63, 3.8) is 0 Å². The molecular weight excluding hydrogens is 194 g/mol. The van der Waals surface area contributed by atoms with Crippen molar-refractivity contribution in [2.24, 2.45) is 0 Å². The predicted octanol–water partition coefficient (Wildman–Crippen LogP) is 1.48. The molecule has 1 aromatic rings. The Bertz CT molecular complexity index is 352. The van der Waals surface area contributed by atoms with Crippen LogP contribution in [0.2, 0.25) is 0 Å². The smallest absolute Gasteiger partial charge is 0.255 e. The Hall–Kier alpha value is -1.29. The first-order valence-corrected chi connectivity index (χ1v) is 4.89. The minimum atomic E-state index is -0.652. The zero-order valence-electron chi connectivity index (χ0n) is 9.50. The van der Waals surface area contributed by atoms with Gasteiger partial charge in [-0.05, 0) is 33.8 Å². The number of hydrogen-bond donors (Lipinski definition) is 2. The second-order valence-corrected chi connectivity index (χ2v) is 4.24. The summed E-state index contributed by atoms with van der Waals surface area (Å²) in [5.74, 6) is 0.348. The van der Waals surface area contributed by atoms with Crippen molar-refractivity contribution in [2.75, 3.05) is 0 Å². The van der Waals surface area contributed by atoms with E-state index in [0.717, 1.165) is 0 Å². The highest BCUT2D eigenvalue weighted by molar-refractivity contribution is 5.95. The zero-order chi connectivity index (χ0) is 11.6. The molecule has 0 aliphatic heterocycles. The highest BCUT2D eigenvalue weighted by Crippen LogP contribution is 2.13. The summed E-state index contributed by atoms with van der Waals surface area (Å²) in [5, 5.41) is 12.2. The molecule has 0 aromatic carbocycles. The molecule has 0 fully saturated rings. The Labute approximate surface area is 89.3 Å². The van der Waals surface area contributed by atoms with Gasteiger partial charge in [0, 0.05) is 0 Å². The van der Waals surface area contributed by atoms with Crippen molar-refractivity contribution < 1.29 is 14.3 Å². The van der Waals surface area contributed by atoms with Crippen LogP contribution in [0.15, 0.2) is 16.7 Å². The molecule has 84 valence electrons. The van der Waals surface area contributed by atoms with Crippen LogP contribution < -0.4 is 5.32 Å². The third-order valence-corrected chi connectivity index (χ3v) is 2.58. The molecule has 0 radical (unpaired) electrons. The molecule has 15 heavy (non-hydrogen) atoms. The summed E-state index contributed by atoms with van der Waals surface area (Å²) < 4.78 is 5.04. The molecule has 1 atom stereocenters. The lowest BCUT2D eigenvalue weighted by Crippen LogP contribution is -2.51. The quantitative estimate of drug-likeness (QED) is 0.796. The molecule has 1 amide bonds. The lowest BCUT2D eigenvalue weighted by Gasteiger charge is -2.29. The number of hydrogen-bond acceptors (Lipinski definition) is 3. The molecule has 0 saturated carbocycles. The van der Waals surface area contributed by atoms with Crippen molar-refractivity contribution >= 4 is 5.91 Å². The normalized spacial score (nSPS) is 13.7. The average molecular weight is 211 g/mol. The summed E-state index contributed by atoms with van der Waals surface area (Å²) in [6.45, 7) is 6.91. The average Bonchev–Trinajstić information content (AvgIpc) is 2.50. The Morgan fingerprint density at radius 3 is 2.60 bits per heavy atom. The van der Waals surface area contributed by atoms with Crippen molar-refractivity contribution in [2.45, 2.75) is 39.3 Å². The molecule has 4 heteroatoms. The van der Waals surface area contributed by atoms with Gasteiger partial charge in [0.05, 0.1) is 23.5 Å². The summed E-state index contributed by atoms with van der Waals surface area (Å²) in [4.78, 5) is 11.8. The fourth-order valence-electron chi connectivity index (χ4n) is 1.08. The number of aliphatic hydroxyl groups excluding tert-OH is 1.